The van der Waals surface area contributed by atoms with Crippen LogP contribution in [-0.2, 0) is 13.6 Å². The fourth-order valence-corrected chi connectivity index (χ4v) is 2.64. The third-order valence-electron chi connectivity index (χ3n) is 3.75. The highest BCUT2D eigenvalue weighted by Gasteiger charge is 2.25. The van der Waals surface area contributed by atoms with Crippen LogP contribution in [-0.4, -0.2) is 15.3 Å². The summed E-state index contributed by atoms with van der Waals surface area (Å²) >= 11 is 0. The summed E-state index contributed by atoms with van der Waals surface area (Å²) in [5, 5.41) is 8.08. The highest BCUT2D eigenvalue weighted by molar-refractivity contribution is 5.08. The van der Waals surface area contributed by atoms with E-state index in [1.807, 2.05) is 18.7 Å². The second-order valence-corrected chi connectivity index (χ2v) is 5.38. The first-order valence-corrected chi connectivity index (χ1v) is 6.34. The minimum atomic E-state index is 0.344. The molecule has 1 aliphatic carbocycles. The summed E-state index contributed by atoms with van der Waals surface area (Å²) in [6.45, 7) is 5.34. The Morgan fingerprint density at radius 2 is 2.06 bits per heavy atom. The lowest BCUT2D eigenvalue weighted by Gasteiger charge is -2.34. The molecule has 3 nitrogen and oxygen atoms in total. The molecule has 1 saturated carbocycles. The first kappa shape index (κ1) is 11.6. The van der Waals surface area contributed by atoms with E-state index in [-0.39, 0.29) is 0 Å². The number of aryl methyl sites for hydroxylation is 2. The summed E-state index contributed by atoms with van der Waals surface area (Å²) in [5.74, 6) is 0. The van der Waals surface area contributed by atoms with Crippen LogP contribution in [0.2, 0.25) is 0 Å². The van der Waals surface area contributed by atoms with E-state index in [2.05, 4.69) is 23.4 Å². The number of rotatable bonds is 3. The fourth-order valence-electron chi connectivity index (χ4n) is 2.64. The quantitative estimate of drug-likeness (QED) is 0.850. The maximum absolute atomic E-state index is 4.37. The minimum absolute atomic E-state index is 0.344. The van der Waals surface area contributed by atoms with Crippen molar-refractivity contribution < 1.29 is 0 Å². The standard InChI is InChI=1S/C13H23N3/c1-11-9-12(16(3)15-11)10-14-13(2)7-5-4-6-8-13/h9,14H,4-8,10H2,1-3H3. The summed E-state index contributed by atoms with van der Waals surface area (Å²) in [6.07, 6.45) is 6.76. The Kier molecular flexibility index (Phi) is 3.33. The van der Waals surface area contributed by atoms with Crippen LogP contribution < -0.4 is 5.32 Å². The highest BCUT2D eigenvalue weighted by Crippen LogP contribution is 2.27. The van der Waals surface area contributed by atoms with Crippen LogP contribution in [0.4, 0.5) is 0 Å². The Balaban J connectivity index is 1.93. The van der Waals surface area contributed by atoms with Gasteiger partial charge in [0.1, 0.15) is 0 Å². The van der Waals surface area contributed by atoms with E-state index < -0.39 is 0 Å². The smallest absolute Gasteiger partial charge is 0.0597 e. The molecule has 0 aliphatic heterocycles. The zero-order valence-electron chi connectivity index (χ0n) is 10.7. The molecule has 0 amide bonds. The van der Waals surface area contributed by atoms with E-state index in [4.69, 9.17) is 0 Å². The maximum atomic E-state index is 4.37. The zero-order chi connectivity index (χ0) is 11.6. The number of hydrogen-bond acceptors (Lipinski definition) is 2. The zero-order valence-corrected chi connectivity index (χ0v) is 10.7. The molecule has 16 heavy (non-hydrogen) atoms. The van der Waals surface area contributed by atoms with Crippen molar-refractivity contribution in [2.45, 2.75) is 58.0 Å². The second kappa shape index (κ2) is 4.58. The van der Waals surface area contributed by atoms with Crippen LogP contribution in [0.3, 0.4) is 0 Å². The Morgan fingerprint density at radius 3 is 2.62 bits per heavy atom. The van der Waals surface area contributed by atoms with Gasteiger partial charge in [-0.2, -0.15) is 5.10 Å². The molecule has 1 aromatic heterocycles. The van der Waals surface area contributed by atoms with Crippen molar-refractivity contribution in [3.63, 3.8) is 0 Å². The summed E-state index contributed by atoms with van der Waals surface area (Å²) < 4.78 is 1.98. The SMILES string of the molecule is Cc1cc(CNC2(C)CCCCC2)n(C)n1. The normalized spacial score (nSPS) is 19.9. The van der Waals surface area contributed by atoms with Gasteiger partial charge >= 0.3 is 0 Å². The van der Waals surface area contributed by atoms with E-state index in [0.717, 1.165) is 12.2 Å². The molecule has 0 atom stereocenters. The molecular formula is C13H23N3. The van der Waals surface area contributed by atoms with E-state index in [1.54, 1.807) is 0 Å². The van der Waals surface area contributed by atoms with Gasteiger partial charge in [0.15, 0.2) is 0 Å². The van der Waals surface area contributed by atoms with Crippen molar-refractivity contribution in [1.29, 1.82) is 0 Å². The Bertz CT molecular complexity index is 348. The van der Waals surface area contributed by atoms with Gasteiger partial charge in [-0.3, -0.25) is 4.68 Å². The summed E-state index contributed by atoms with van der Waals surface area (Å²) in [6, 6.07) is 2.17. The highest BCUT2D eigenvalue weighted by atomic mass is 15.3. The van der Waals surface area contributed by atoms with Crippen molar-refractivity contribution in [3.8, 4) is 0 Å². The first-order chi connectivity index (χ1) is 7.59. The summed E-state index contributed by atoms with van der Waals surface area (Å²) in [5.41, 5.74) is 2.73. The van der Waals surface area contributed by atoms with Crippen molar-refractivity contribution in [2.24, 2.45) is 7.05 Å². The van der Waals surface area contributed by atoms with Gasteiger partial charge in [-0.25, -0.2) is 0 Å². The maximum Gasteiger partial charge on any atom is 0.0597 e. The topological polar surface area (TPSA) is 29.9 Å². The predicted octanol–water partition coefficient (Wildman–Crippen LogP) is 2.54. The molecule has 0 unspecified atom stereocenters. The third kappa shape index (κ3) is 2.64. The predicted molar refractivity (Wildman–Crippen MR) is 66.3 cm³/mol. The van der Waals surface area contributed by atoms with Gasteiger partial charge in [-0.15, -0.1) is 0 Å². The van der Waals surface area contributed by atoms with Crippen LogP contribution in [0.15, 0.2) is 6.07 Å². The van der Waals surface area contributed by atoms with E-state index in [1.165, 1.54) is 37.8 Å². The van der Waals surface area contributed by atoms with Crippen LogP contribution in [0, 0.1) is 6.92 Å². The molecule has 1 aliphatic rings. The first-order valence-electron chi connectivity index (χ1n) is 6.34. The molecule has 0 radical (unpaired) electrons. The molecular weight excluding hydrogens is 198 g/mol. The Labute approximate surface area is 98.2 Å². The summed E-state index contributed by atoms with van der Waals surface area (Å²) in [7, 11) is 2.02. The van der Waals surface area contributed by atoms with Crippen molar-refractivity contribution in [3.05, 3.63) is 17.5 Å². The van der Waals surface area contributed by atoms with Crippen LogP contribution in [0.1, 0.15) is 50.4 Å². The number of nitrogens with zero attached hydrogens (tertiary/aromatic N) is 2. The fraction of sp³-hybridized carbons (Fsp3) is 0.769. The number of aromatic nitrogens is 2. The van der Waals surface area contributed by atoms with Gasteiger partial charge in [0.2, 0.25) is 0 Å². The van der Waals surface area contributed by atoms with Crippen molar-refractivity contribution >= 4 is 0 Å². The Morgan fingerprint density at radius 1 is 1.38 bits per heavy atom. The van der Waals surface area contributed by atoms with Gasteiger partial charge in [0, 0.05) is 19.1 Å². The largest absolute Gasteiger partial charge is 0.306 e. The molecule has 0 aromatic carbocycles. The molecule has 1 heterocycles. The Hall–Kier alpha value is -0.830. The molecule has 3 heteroatoms. The average Bonchev–Trinajstić information content (AvgIpc) is 2.56. The van der Waals surface area contributed by atoms with Gasteiger partial charge in [-0.1, -0.05) is 19.3 Å². The van der Waals surface area contributed by atoms with E-state index in [9.17, 15) is 0 Å². The van der Waals surface area contributed by atoms with Crippen LogP contribution in [0.25, 0.3) is 0 Å². The number of nitrogens with one attached hydrogen (secondary N) is 1. The average molecular weight is 221 g/mol. The molecule has 0 saturated heterocycles. The third-order valence-corrected chi connectivity index (χ3v) is 3.75. The molecule has 0 bridgehead atoms. The molecule has 1 N–H and O–H groups in total. The van der Waals surface area contributed by atoms with Gasteiger partial charge in [-0.05, 0) is 32.8 Å². The molecule has 90 valence electrons. The van der Waals surface area contributed by atoms with Gasteiger partial charge < -0.3 is 5.32 Å². The second-order valence-electron chi connectivity index (χ2n) is 5.38. The number of hydrogen-bond donors (Lipinski definition) is 1. The monoisotopic (exact) mass is 221 g/mol. The van der Waals surface area contributed by atoms with E-state index in [0.29, 0.717) is 5.54 Å². The van der Waals surface area contributed by atoms with Crippen molar-refractivity contribution in [2.75, 3.05) is 0 Å². The minimum Gasteiger partial charge on any atom is -0.306 e. The molecule has 1 fully saturated rings. The van der Waals surface area contributed by atoms with Gasteiger partial charge in [0.05, 0.1) is 11.4 Å². The van der Waals surface area contributed by atoms with Crippen molar-refractivity contribution in [1.82, 2.24) is 15.1 Å². The lowest BCUT2D eigenvalue weighted by molar-refractivity contribution is 0.250. The lowest BCUT2D eigenvalue weighted by atomic mass is 9.83. The summed E-state index contributed by atoms with van der Waals surface area (Å²) in [4.78, 5) is 0. The lowest BCUT2D eigenvalue weighted by Crippen LogP contribution is -2.43. The van der Waals surface area contributed by atoms with Crippen LogP contribution >= 0.6 is 0 Å². The van der Waals surface area contributed by atoms with Crippen LogP contribution in [0.5, 0.6) is 0 Å². The molecule has 0 spiro atoms. The molecule has 1 aromatic rings. The molecule has 2 rings (SSSR count). The van der Waals surface area contributed by atoms with E-state index >= 15 is 0 Å². The van der Waals surface area contributed by atoms with Gasteiger partial charge in [0.25, 0.3) is 0 Å².